The van der Waals surface area contributed by atoms with Crippen LogP contribution in [0.15, 0.2) is 34.9 Å². The smallest absolute Gasteiger partial charge is 0.335 e. The molecule has 4 aliphatic heterocycles. The molecule has 4 saturated heterocycles. The second kappa shape index (κ2) is 27.7. The van der Waals surface area contributed by atoms with E-state index in [1.807, 2.05) is 27.7 Å². The quantitative estimate of drug-likeness (QED) is 0.0265. The van der Waals surface area contributed by atoms with Crippen molar-refractivity contribution in [3.63, 3.8) is 0 Å². The molecule has 4 heterocycles. The Morgan fingerprint density at radius 2 is 1.12 bits per heavy atom. The normalized spacial score (nSPS) is 47.6. The van der Waals surface area contributed by atoms with Gasteiger partial charge < -0.3 is 118 Å². The Hall–Kier alpha value is -3.70. The maximum absolute atomic E-state index is 13.4. The Morgan fingerprint density at radius 3 is 1.71 bits per heavy atom. The van der Waals surface area contributed by atoms with Gasteiger partial charge in [0.15, 0.2) is 43.5 Å². The molecule has 9 aliphatic rings. The molecule has 28 nitrogen and oxygen atoms in total. The van der Waals surface area contributed by atoms with Crippen molar-refractivity contribution in [2.45, 2.75) is 262 Å². The highest BCUT2D eigenvalue weighted by molar-refractivity contribution is 5.88. The number of aliphatic hydroxyl groups excluding tert-OH is 12. The summed E-state index contributed by atoms with van der Waals surface area (Å²) in [5, 5.41) is 144. The van der Waals surface area contributed by atoms with Crippen LogP contribution in [0.2, 0.25) is 0 Å². The molecule has 30 atom stereocenters. The molecule has 13 N–H and O–H groups in total. The van der Waals surface area contributed by atoms with Crippen molar-refractivity contribution in [3.8, 4) is 0 Å². The second-order valence-corrected chi connectivity index (χ2v) is 28.7. The average molecular weight is 1320 g/mol. The molecule has 0 aromatic carbocycles. The van der Waals surface area contributed by atoms with E-state index in [2.05, 4.69) is 19.9 Å². The van der Waals surface area contributed by atoms with Crippen LogP contribution in [-0.2, 0) is 71.3 Å². The summed E-state index contributed by atoms with van der Waals surface area (Å²) in [6.07, 6.45) is -29.5. The van der Waals surface area contributed by atoms with E-state index in [0.29, 0.717) is 32.1 Å². The van der Waals surface area contributed by atoms with Crippen LogP contribution in [0.3, 0.4) is 0 Å². The maximum Gasteiger partial charge on any atom is 0.335 e. The van der Waals surface area contributed by atoms with Crippen LogP contribution < -0.4 is 0 Å². The predicted molar refractivity (Wildman–Crippen MR) is 313 cm³/mol. The molecule has 0 radical (unpaired) electrons. The van der Waals surface area contributed by atoms with E-state index in [1.54, 1.807) is 13.8 Å². The molecular formula is C64H98O28. The van der Waals surface area contributed by atoms with Crippen LogP contribution in [0.5, 0.6) is 0 Å². The van der Waals surface area contributed by atoms with Gasteiger partial charge in [0.25, 0.3) is 0 Å². The first-order chi connectivity index (χ1) is 43.2. The zero-order valence-electron chi connectivity index (χ0n) is 54.0. The fraction of sp³-hybridized carbons (Fsp3) is 0.844. The number of carboxylic acid groups (broad SMARTS) is 1. The lowest BCUT2D eigenvalue weighted by atomic mass is 9.37. The molecule has 8 fully saturated rings. The van der Waals surface area contributed by atoms with E-state index in [0.717, 1.165) is 5.57 Å². The van der Waals surface area contributed by atoms with Crippen molar-refractivity contribution in [2.75, 3.05) is 26.4 Å². The molecule has 92 heavy (non-hydrogen) atoms. The van der Waals surface area contributed by atoms with E-state index < -0.39 is 219 Å². The lowest BCUT2D eigenvalue weighted by molar-refractivity contribution is -0.355. The van der Waals surface area contributed by atoms with Gasteiger partial charge in [-0.05, 0) is 118 Å². The number of carboxylic acids is 1. The second-order valence-electron chi connectivity index (χ2n) is 28.7. The van der Waals surface area contributed by atoms with E-state index in [9.17, 15) is 85.6 Å². The highest BCUT2D eigenvalue weighted by Crippen LogP contribution is 2.72. The molecule has 0 amide bonds. The monoisotopic (exact) mass is 1310 g/mol. The van der Waals surface area contributed by atoms with E-state index in [4.69, 9.17) is 52.1 Å². The summed E-state index contributed by atoms with van der Waals surface area (Å²) in [5.41, 5.74) is -3.00. The van der Waals surface area contributed by atoms with Gasteiger partial charge in [-0.15, -0.1) is 0 Å². The average Bonchev–Trinajstić information content (AvgIpc) is 0.897. The highest BCUT2D eigenvalue weighted by Gasteiger charge is 2.72. The largest absolute Gasteiger partial charge is 0.479 e. The Bertz CT molecular complexity index is 2750. The number of allylic oxidation sites excluding steroid dienone is 4. The van der Waals surface area contributed by atoms with Crippen LogP contribution in [0.25, 0.3) is 0 Å². The number of aliphatic hydroxyl groups is 12. The van der Waals surface area contributed by atoms with E-state index in [1.165, 1.54) is 32.9 Å². The third-order valence-corrected chi connectivity index (χ3v) is 22.8. The molecule has 0 bridgehead atoms. The first-order valence-corrected chi connectivity index (χ1v) is 32.1. The number of ether oxygens (including phenoxy) is 11. The fourth-order valence-electron chi connectivity index (χ4n) is 17.5. The zero-order chi connectivity index (χ0) is 67.8. The molecular weight excluding hydrogens is 1220 g/mol. The van der Waals surface area contributed by atoms with Crippen LogP contribution in [0, 0.1) is 50.7 Å². The topological polar surface area (TPSA) is 433 Å². The molecule has 4 unspecified atom stereocenters. The number of carbonyl (C=O) groups excluding carboxylic acids is 3. The standard InChI is InChI=1S/C64H98O28/c1-12-26(3)54(80)87-46-35(24-67)85-57(45(77)48(46)88-55(81)27(4)13-2)92-51-52(82-28(5)69)64(25-68)32(20-60(51,6)7)31-15-14-29-30(63(31,11)21-37(64)70)16-17-36-61(8,9)38(18-19-62(29,36)10)86-58-44(76)47(43(75)49(90-58)53(78)79)89-59-50(40(72)34(23-66)84-59)91-56-42(74)41(73)39(71)33(22-65)83-56/h12-13,15,29-30,32-52,56-59,65-68,70-77H,14,16-25H2,1-11H3,(H,78,79)/b26-12-,27-13-/t29?,30?,32?,33-,34+,35-,36?,37-,38+,39+,40-,41+,42-,43+,44-,45-,46-,47+,48-,49+,50+,51+,52+,56+,57+,58-,59+,62-,63+,64+/m1/s1. The molecule has 0 aromatic rings. The molecule has 4 saturated carbocycles. The Balaban J connectivity index is 0.953. The number of carbonyl (C=O) groups is 4. The van der Waals surface area contributed by atoms with Crippen molar-refractivity contribution in [3.05, 3.63) is 34.9 Å². The molecule has 9 rings (SSSR count). The van der Waals surface area contributed by atoms with Crippen molar-refractivity contribution in [2.24, 2.45) is 50.7 Å². The highest BCUT2D eigenvalue weighted by atomic mass is 16.8. The first-order valence-electron chi connectivity index (χ1n) is 32.1. The summed E-state index contributed by atoms with van der Waals surface area (Å²) >= 11 is 0. The van der Waals surface area contributed by atoms with Crippen molar-refractivity contribution in [1.82, 2.24) is 0 Å². The van der Waals surface area contributed by atoms with Crippen LogP contribution >= 0.6 is 0 Å². The summed E-state index contributed by atoms with van der Waals surface area (Å²) in [7, 11) is 0. The summed E-state index contributed by atoms with van der Waals surface area (Å²) < 4.78 is 66.4. The van der Waals surface area contributed by atoms with Crippen molar-refractivity contribution >= 4 is 23.9 Å². The van der Waals surface area contributed by atoms with Gasteiger partial charge >= 0.3 is 23.9 Å². The Labute approximate surface area is 534 Å². The van der Waals surface area contributed by atoms with Gasteiger partial charge in [0.2, 0.25) is 0 Å². The van der Waals surface area contributed by atoms with Gasteiger partial charge in [-0.3, -0.25) is 4.79 Å². The van der Waals surface area contributed by atoms with Crippen molar-refractivity contribution < 1.29 is 138 Å². The third kappa shape index (κ3) is 12.6. The van der Waals surface area contributed by atoms with Crippen LogP contribution in [0.4, 0.5) is 0 Å². The number of aliphatic carboxylic acids is 1. The zero-order valence-corrected chi connectivity index (χ0v) is 54.0. The number of hydrogen-bond acceptors (Lipinski definition) is 27. The first kappa shape index (κ1) is 72.6. The van der Waals surface area contributed by atoms with Crippen LogP contribution in [0.1, 0.15) is 121 Å². The summed E-state index contributed by atoms with van der Waals surface area (Å²) in [6, 6.07) is 0. The van der Waals surface area contributed by atoms with E-state index in [-0.39, 0.29) is 47.2 Å². The number of esters is 3. The van der Waals surface area contributed by atoms with Gasteiger partial charge in [-0.1, -0.05) is 65.3 Å². The Morgan fingerprint density at radius 1 is 0.565 bits per heavy atom. The maximum atomic E-state index is 13.4. The summed E-state index contributed by atoms with van der Waals surface area (Å²) in [6.45, 7) is 16.6. The number of rotatable bonds is 18. The fourth-order valence-corrected chi connectivity index (χ4v) is 17.5. The van der Waals surface area contributed by atoms with Crippen molar-refractivity contribution in [1.29, 1.82) is 0 Å². The van der Waals surface area contributed by atoms with E-state index >= 15 is 0 Å². The van der Waals surface area contributed by atoms with Gasteiger partial charge in [-0.25, -0.2) is 14.4 Å². The minimum absolute atomic E-state index is 0.0206. The minimum Gasteiger partial charge on any atom is -0.479 e. The third-order valence-electron chi connectivity index (χ3n) is 22.8. The summed E-state index contributed by atoms with van der Waals surface area (Å²) in [4.78, 5) is 52.8. The SMILES string of the molecule is C/C=C(/C)C(=O)O[C@@H]1[C@@H](O)[C@H](O[C@H]2[C@H](OC(C)=O)[C@@]3(CO)C(CC2(C)C)C2=CCC4C(CCC5C(C)(C)[C@@H](O[C@@H]6O[C@H](C(=O)O)[C@@H](O)[C@H](O[C@@H]7O[C@@H](CO)[C@@H](O)[C@@H]7O[C@@H]7O[C@H](CO)[C@H](O)[C@H](O)[C@H]7O)[C@H]6O)CC[C@]45C)[C@]2(C)C[C@H]3O)O[C@H](CO)[C@H]1OC(=O)/C(C)=C\C. The lowest BCUT2D eigenvalue weighted by Crippen LogP contribution is -2.72. The minimum atomic E-state index is -2.09. The van der Waals surface area contributed by atoms with Gasteiger partial charge in [0.1, 0.15) is 85.5 Å². The molecule has 5 aliphatic carbocycles. The number of fused-ring (bicyclic) bond motifs is 7. The Kier molecular flexibility index (Phi) is 21.8. The van der Waals surface area contributed by atoms with Gasteiger partial charge in [0.05, 0.1) is 44.1 Å². The molecule has 28 heteroatoms. The molecule has 522 valence electrons. The lowest BCUT2D eigenvalue weighted by Gasteiger charge is -2.69. The summed E-state index contributed by atoms with van der Waals surface area (Å²) in [5.74, 6) is -4.71. The van der Waals surface area contributed by atoms with Gasteiger partial charge in [0, 0.05) is 18.1 Å². The predicted octanol–water partition coefficient (Wildman–Crippen LogP) is -0.703. The molecule has 0 aromatic heterocycles. The molecule has 0 spiro atoms. The van der Waals surface area contributed by atoms with Gasteiger partial charge in [-0.2, -0.15) is 0 Å². The number of hydrogen-bond donors (Lipinski definition) is 13. The van der Waals surface area contributed by atoms with Crippen LogP contribution in [-0.4, -0.2) is 258 Å².